The van der Waals surface area contributed by atoms with Crippen molar-refractivity contribution in [2.24, 2.45) is 5.73 Å². The van der Waals surface area contributed by atoms with Gasteiger partial charge < -0.3 is 10.8 Å². The van der Waals surface area contributed by atoms with Crippen LogP contribution in [0, 0.1) is 6.92 Å². The summed E-state index contributed by atoms with van der Waals surface area (Å²) < 4.78 is 0. The highest BCUT2D eigenvalue weighted by molar-refractivity contribution is 5.22. The molecule has 0 bridgehead atoms. The van der Waals surface area contributed by atoms with Gasteiger partial charge in [-0.1, -0.05) is 36.8 Å². The van der Waals surface area contributed by atoms with Crippen LogP contribution in [0.25, 0.3) is 0 Å². The number of aliphatic hydroxyl groups is 1. The van der Waals surface area contributed by atoms with Crippen LogP contribution in [0.1, 0.15) is 24.5 Å². The molecule has 1 aromatic rings. The molecule has 0 fully saturated rings. The Morgan fingerprint density at radius 2 is 1.85 bits per heavy atom. The lowest BCUT2D eigenvalue weighted by molar-refractivity contribution is 0.0434. The SMILES string of the molecule is CCC(N)(O)Cc1ccc(C)cc1. The van der Waals surface area contributed by atoms with Crippen LogP contribution in [0.4, 0.5) is 0 Å². The second kappa shape index (κ2) is 3.90. The second-order valence-electron chi connectivity index (χ2n) is 3.62. The van der Waals surface area contributed by atoms with Crippen LogP contribution in [-0.4, -0.2) is 10.8 Å². The van der Waals surface area contributed by atoms with E-state index < -0.39 is 5.72 Å². The van der Waals surface area contributed by atoms with E-state index in [9.17, 15) is 5.11 Å². The highest BCUT2D eigenvalue weighted by atomic mass is 16.3. The quantitative estimate of drug-likeness (QED) is 0.692. The van der Waals surface area contributed by atoms with E-state index in [0.717, 1.165) is 5.56 Å². The van der Waals surface area contributed by atoms with Crippen molar-refractivity contribution in [3.8, 4) is 0 Å². The molecule has 0 saturated carbocycles. The second-order valence-corrected chi connectivity index (χ2v) is 3.62. The van der Waals surface area contributed by atoms with Gasteiger partial charge in [-0.05, 0) is 18.9 Å². The van der Waals surface area contributed by atoms with Gasteiger partial charge in [0, 0.05) is 6.42 Å². The minimum absolute atomic E-state index is 0.518. The summed E-state index contributed by atoms with van der Waals surface area (Å²) in [6.07, 6.45) is 1.09. The first-order valence-corrected chi connectivity index (χ1v) is 4.60. The molecule has 1 atom stereocenters. The molecule has 0 heterocycles. The average molecular weight is 179 g/mol. The van der Waals surface area contributed by atoms with E-state index in [0.29, 0.717) is 12.8 Å². The first-order valence-electron chi connectivity index (χ1n) is 4.60. The first kappa shape index (κ1) is 10.2. The summed E-state index contributed by atoms with van der Waals surface area (Å²) in [5.74, 6) is 0. The van der Waals surface area contributed by atoms with Gasteiger partial charge in [-0.25, -0.2) is 0 Å². The molecular weight excluding hydrogens is 162 g/mol. The van der Waals surface area contributed by atoms with E-state index in [2.05, 4.69) is 0 Å². The first-order chi connectivity index (χ1) is 6.03. The predicted molar refractivity (Wildman–Crippen MR) is 54.3 cm³/mol. The number of rotatable bonds is 3. The summed E-state index contributed by atoms with van der Waals surface area (Å²) in [5.41, 5.74) is 6.89. The molecule has 3 N–H and O–H groups in total. The number of hydrogen-bond acceptors (Lipinski definition) is 2. The van der Waals surface area contributed by atoms with Gasteiger partial charge in [0.25, 0.3) is 0 Å². The highest BCUT2D eigenvalue weighted by Crippen LogP contribution is 2.12. The molecule has 13 heavy (non-hydrogen) atoms. The lowest BCUT2D eigenvalue weighted by Gasteiger charge is -2.21. The van der Waals surface area contributed by atoms with Crippen molar-refractivity contribution in [2.45, 2.75) is 32.4 Å². The maximum absolute atomic E-state index is 9.62. The average Bonchev–Trinajstić information content (AvgIpc) is 2.09. The lowest BCUT2D eigenvalue weighted by Crippen LogP contribution is -2.40. The Labute approximate surface area is 79.4 Å². The van der Waals surface area contributed by atoms with Gasteiger partial charge in [-0.15, -0.1) is 0 Å². The van der Waals surface area contributed by atoms with Crippen LogP contribution in [0.2, 0.25) is 0 Å². The Hall–Kier alpha value is -0.860. The van der Waals surface area contributed by atoms with Crippen molar-refractivity contribution >= 4 is 0 Å². The monoisotopic (exact) mass is 179 g/mol. The zero-order chi connectivity index (χ0) is 9.90. The molecule has 0 radical (unpaired) electrons. The summed E-state index contributed by atoms with van der Waals surface area (Å²) in [7, 11) is 0. The summed E-state index contributed by atoms with van der Waals surface area (Å²) in [6.45, 7) is 3.92. The topological polar surface area (TPSA) is 46.2 Å². The smallest absolute Gasteiger partial charge is 0.117 e. The highest BCUT2D eigenvalue weighted by Gasteiger charge is 2.18. The molecule has 1 aromatic carbocycles. The normalized spacial score (nSPS) is 15.4. The molecule has 0 aliphatic rings. The Morgan fingerprint density at radius 3 is 2.31 bits per heavy atom. The molecule has 2 heteroatoms. The maximum atomic E-state index is 9.62. The molecule has 72 valence electrons. The van der Waals surface area contributed by atoms with Crippen LogP contribution >= 0.6 is 0 Å². The van der Waals surface area contributed by atoms with E-state index in [1.165, 1.54) is 5.56 Å². The van der Waals surface area contributed by atoms with E-state index >= 15 is 0 Å². The molecule has 0 saturated heterocycles. The van der Waals surface area contributed by atoms with Crippen LogP contribution in [0.3, 0.4) is 0 Å². The van der Waals surface area contributed by atoms with Crippen LogP contribution in [0.5, 0.6) is 0 Å². The fourth-order valence-electron chi connectivity index (χ4n) is 1.18. The van der Waals surface area contributed by atoms with Gasteiger partial charge in [0.15, 0.2) is 0 Å². The van der Waals surface area contributed by atoms with Gasteiger partial charge in [-0.3, -0.25) is 0 Å². The third-order valence-corrected chi connectivity index (χ3v) is 2.24. The Morgan fingerprint density at radius 1 is 1.31 bits per heavy atom. The van der Waals surface area contributed by atoms with E-state index in [1.54, 1.807) is 0 Å². The van der Waals surface area contributed by atoms with Gasteiger partial charge >= 0.3 is 0 Å². The fraction of sp³-hybridized carbons (Fsp3) is 0.455. The summed E-state index contributed by atoms with van der Waals surface area (Å²) >= 11 is 0. The molecular formula is C11H17NO. The Balaban J connectivity index is 2.69. The van der Waals surface area contributed by atoms with Crippen molar-refractivity contribution < 1.29 is 5.11 Å². The maximum Gasteiger partial charge on any atom is 0.117 e. The van der Waals surface area contributed by atoms with Crippen molar-refractivity contribution in [1.82, 2.24) is 0 Å². The predicted octanol–water partition coefficient (Wildman–Crippen LogP) is 1.59. The Kier molecular flexibility index (Phi) is 3.07. The molecule has 0 aliphatic heterocycles. The minimum Gasteiger partial charge on any atom is -0.376 e. The standard InChI is InChI=1S/C11H17NO/c1-3-11(12,13)8-10-6-4-9(2)5-7-10/h4-7,13H,3,8,12H2,1-2H3. The van der Waals surface area contributed by atoms with Crippen molar-refractivity contribution in [1.29, 1.82) is 0 Å². The molecule has 0 aromatic heterocycles. The number of nitrogens with two attached hydrogens (primary N) is 1. The third kappa shape index (κ3) is 3.17. The van der Waals surface area contributed by atoms with Crippen molar-refractivity contribution in [3.05, 3.63) is 35.4 Å². The van der Waals surface area contributed by atoms with Crippen LogP contribution in [0.15, 0.2) is 24.3 Å². The Bertz CT molecular complexity index is 264. The zero-order valence-corrected chi connectivity index (χ0v) is 8.25. The molecule has 0 spiro atoms. The number of benzene rings is 1. The van der Waals surface area contributed by atoms with Gasteiger partial charge in [0.1, 0.15) is 5.72 Å². The van der Waals surface area contributed by atoms with Crippen molar-refractivity contribution in [3.63, 3.8) is 0 Å². The molecule has 2 nitrogen and oxygen atoms in total. The molecule has 1 rings (SSSR count). The minimum atomic E-state index is -1.06. The number of hydrogen-bond donors (Lipinski definition) is 2. The summed E-state index contributed by atoms with van der Waals surface area (Å²) in [5, 5.41) is 9.62. The third-order valence-electron chi connectivity index (χ3n) is 2.24. The largest absolute Gasteiger partial charge is 0.376 e. The van der Waals surface area contributed by atoms with E-state index in [1.807, 2.05) is 38.1 Å². The summed E-state index contributed by atoms with van der Waals surface area (Å²) in [6, 6.07) is 8.06. The summed E-state index contributed by atoms with van der Waals surface area (Å²) in [4.78, 5) is 0. The van der Waals surface area contributed by atoms with Gasteiger partial charge in [0.2, 0.25) is 0 Å². The number of aryl methyl sites for hydroxylation is 1. The van der Waals surface area contributed by atoms with Crippen molar-refractivity contribution in [2.75, 3.05) is 0 Å². The van der Waals surface area contributed by atoms with Crippen LogP contribution < -0.4 is 5.73 Å². The van der Waals surface area contributed by atoms with E-state index in [-0.39, 0.29) is 0 Å². The molecule has 0 aliphatic carbocycles. The lowest BCUT2D eigenvalue weighted by atomic mass is 10.0. The molecule has 1 unspecified atom stereocenters. The van der Waals surface area contributed by atoms with E-state index in [4.69, 9.17) is 5.73 Å². The van der Waals surface area contributed by atoms with Gasteiger partial charge in [-0.2, -0.15) is 0 Å². The zero-order valence-electron chi connectivity index (χ0n) is 8.25. The van der Waals surface area contributed by atoms with Gasteiger partial charge in [0.05, 0.1) is 0 Å². The molecule has 0 amide bonds. The fourth-order valence-corrected chi connectivity index (χ4v) is 1.18. The van der Waals surface area contributed by atoms with Crippen LogP contribution in [-0.2, 0) is 6.42 Å².